The molecule has 1 fully saturated rings. The van der Waals surface area contributed by atoms with Crippen molar-refractivity contribution in [2.45, 2.75) is 19.4 Å². The normalized spacial score (nSPS) is 17.9. The van der Waals surface area contributed by atoms with E-state index in [4.69, 9.17) is 5.11 Å². The minimum Gasteiger partial charge on any atom is -0.480 e. The highest BCUT2D eigenvalue weighted by molar-refractivity contribution is 7.15. The summed E-state index contributed by atoms with van der Waals surface area (Å²) in [7, 11) is 0. The monoisotopic (exact) mass is 291 g/mol. The lowest BCUT2D eigenvalue weighted by molar-refractivity contribution is -0.146. The third kappa shape index (κ3) is 2.09. The number of carbonyl (C=O) groups excluding carboxylic acids is 1. The molecule has 7 heteroatoms. The van der Waals surface area contributed by atoms with Crippen molar-refractivity contribution in [2.24, 2.45) is 0 Å². The number of carboxylic acids is 1. The predicted molar refractivity (Wildman–Crippen MR) is 73.7 cm³/mol. The van der Waals surface area contributed by atoms with Crippen LogP contribution in [0.25, 0.3) is 10.6 Å². The fourth-order valence-electron chi connectivity index (χ4n) is 2.17. The Kier molecular flexibility index (Phi) is 3.06. The number of likely N-dealkylation sites (tertiary alicyclic amines) is 1. The SMILES string of the molecule is Cc1ccc(-c2cc(C(=O)N3CC[C@H]3C(=O)O)n[nH]2)s1. The van der Waals surface area contributed by atoms with Crippen LogP contribution in [0.5, 0.6) is 0 Å². The third-order valence-electron chi connectivity index (χ3n) is 3.37. The summed E-state index contributed by atoms with van der Waals surface area (Å²) in [5.41, 5.74) is 1.04. The highest BCUT2D eigenvalue weighted by Gasteiger charge is 2.38. The van der Waals surface area contributed by atoms with Gasteiger partial charge in [-0.05, 0) is 31.5 Å². The fourth-order valence-corrected chi connectivity index (χ4v) is 3.00. The van der Waals surface area contributed by atoms with Crippen molar-refractivity contribution in [1.29, 1.82) is 0 Å². The first-order valence-corrected chi connectivity index (χ1v) is 7.04. The fraction of sp³-hybridized carbons (Fsp3) is 0.308. The molecule has 0 aromatic carbocycles. The molecule has 1 aliphatic rings. The van der Waals surface area contributed by atoms with E-state index in [0.29, 0.717) is 13.0 Å². The van der Waals surface area contributed by atoms with Gasteiger partial charge < -0.3 is 10.0 Å². The molecule has 2 aromatic rings. The highest BCUT2D eigenvalue weighted by atomic mass is 32.1. The van der Waals surface area contributed by atoms with Gasteiger partial charge in [0.15, 0.2) is 5.69 Å². The van der Waals surface area contributed by atoms with Gasteiger partial charge in [0.1, 0.15) is 6.04 Å². The summed E-state index contributed by atoms with van der Waals surface area (Å²) in [5.74, 6) is -1.30. The smallest absolute Gasteiger partial charge is 0.326 e. The lowest BCUT2D eigenvalue weighted by Gasteiger charge is -2.37. The Hall–Kier alpha value is -2.15. The molecule has 0 saturated carbocycles. The second-order valence-corrected chi connectivity index (χ2v) is 6.01. The molecule has 1 amide bonds. The van der Waals surface area contributed by atoms with E-state index in [2.05, 4.69) is 10.2 Å². The van der Waals surface area contributed by atoms with E-state index in [9.17, 15) is 9.59 Å². The summed E-state index contributed by atoms with van der Waals surface area (Å²) >= 11 is 1.61. The Morgan fingerprint density at radius 2 is 2.30 bits per heavy atom. The number of rotatable bonds is 3. The molecule has 0 aliphatic carbocycles. The average Bonchev–Trinajstić information content (AvgIpc) is 2.94. The van der Waals surface area contributed by atoms with E-state index in [1.807, 2.05) is 19.1 Å². The largest absolute Gasteiger partial charge is 0.480 e. The molecule has 2 N–H and O–H groups in total. The Morgan fingerprint density at radius 1 is 1.50 bits per heavy atom. The van der Waals surface area contributed by atoms with Crippen LogP contribution in [0.15, 0.2) is 18.2 Å². The van der Waals surface area contributed by atoms with Crippen molar-refractivity contribution in [3.8, 4) is 10.6 Å². The number of thiophene rings is 1. The second kappa shape index (κ2) is 4.75. The van der Waals surface area contributed by atoms with Gasteiger partial charge in [0.25, 0.3) is 5.91 Å². The molecule has 2 aromatic heterocycles. The van der Waals surface area contributed by atoms with Crippen molar-refractivity contribution < 1.29 is 14.7 Å². The first-order chi connectivity index (χ1) is 9.56. The van der Waals surface area contributed by atoms with Crippen molar-refractivity contribution in [3.63, 3.8) is 0 Å². The van der Waals surface area contributed by atoms with Crippen molar-refractivity contribution >= 4 is 23.2 Å². The van der Waals surface area contributed by atoms with Gasteiger partial charge in [0.05, 0.1) is 10.6 Å². The Balaban J connectivity index is 1.80. The minimum atomic E-state index is -0.964. The van der Waals surface area contributed by atoms with Gasteiger partial charge in [-0.25, -0.2) is 4.79 Å². The van der Waals surface area contributed by atoms with Crippen LogP contribution in [0, 0.1) is 6.92 Å². The molecule has 20 heavy (non-hydrogen) atoms. The average molecular weight is 291 g/mol. The summed E-state index contributed by atoms with van der Waals surface area (Å²) in [5, 5.41) is 15.8. The maximum absolute atomic E-state index is 12.2. The van der Waals surface area contributed by atoms with E-state index in [-0.39, 0.29) is 11.6 Å². The zero-order valence-corrected chi connectivity index (χ0v) is 11.6. The van der Waals surface area contributed by atoms with E-state index < -0.39 is 12.0 Å². The van der Waals surface area contributed by atoms with Crippen LogP contribution in [0.1, 0.15) is 21.8 Å². The third-order valence-corrected chi connectivity index (χ3v) is 4.40. The van der Waals surface area contributed by atoms with E-state index in [1.165, 1.54) is 9.78 Å². The van der Waals surface area contributed by atoms with Gasteiger partial charge in [-0.3, -0.25) is 9.89 Å². The number of hydrogen-bond donors (Lipinski definition) is 2. The van der Waals surface area contributed by atoms with Crippen LogP contribution in [-0.2, 0) is 4.79 Å². The van der Waals surface area contributed by atoms with Crippen molar-refractivity contribution in [3.05, 3.63) is 28.8 Å². The molecule has 6 nitrogen and oxygen atoms in total. The summed E-state index contributed by atoms with van der Waals surface area (Å²) in [6, 6.07) is 4.92. The molecule has 1 aliphatic heterocycles. The molecule has 3 rings (SSSR count). The zero-order valence-electron chi connectivity index (χ0n) is 10.8. The van der Waals surface area contributed by atoms with Gasteiger partial charge in [-0.1, -0.05) is 0 Å². The number of nitrogens with one attached hydrogen (secondary N) is 1. The van der Waals surface area contributed by atoms with Crippen LogP contribution in [0.4, 0.5) is 0 Å². The number of carbonyl (C=O) groups is 2. The first-order valence-electron chi connectivity index (χ1n) is 6.22. The number of carboxylic acid groups (broad SMARTS) is 1. The molecular weight excluding hydrogens is 278 g/mol. The molecule has 1 atom stereocenters. The van der Waals surface area contributed by atoms with Crippen LogP contribution < -0.4 is 0 Å². The molecule has 0 bridgehead atoms. The summed E-state index contributed by atoms with van der Waals surface area (Å²) in [6.45, 7) is 2.48. The standard InChI is InChI=1S/C13H13N3O3S/c1-7-2-3-11(20-7)8-6-9(15-14-8)12(17)16-5-4-10(16)13(18)19/h2-3,6,10H,4-5H2,1H3,(H,14,15)(H,18,19)/t10-/m0/s1. The molecule has 1 saturated heterocycles. The van der Waals surface area contributed by atoms with Crippen LogP contribution in [0.2, 0.25) is 0 Å². The summed E-state index contributed by atoms with van der Waals surface area (Å²) in [4.78, 5) is 26.6. The quantitative estimate of drug-likeness (QED) is 0.902. The minimum absolute atomic E-state index is 0.261. The zero-order chi connectivity index (χ0) is 14.3. The molecule has 0 spiro atoms. The Labute approximate surface area is 119 Å². The van der Waals surface area contributed by atoms with Crippen molar-refractivity contribution in [1.82, 2.24) is 15.1 Å². The molecular formula is C13H13N3O3S. The molecule has 0 unspecified atom stereocenters. The van der Waals surface area contributed by atoms with Gasteiger partial charge in [0, 0.05) is 11.4 Å². The highest BCUT2D eigenvalue weighted by Crippen LogP contribution is 2.27. The number of aryl methyl sites for hydroxylation is 1. The van der Waals surface area contributed by atoms with Gasteiger partial charge in [-0.2, -0.15) is 5.10 Å². The van der Waals surface area contributed by atoms with Crippen LogP contribution in [-0.4, -0.2) is 44.7 Å². The summed E-state index contributed by atoms with van der Waals surface area (Å²) in [6.07, 6.45) is 0.502. The number of aliphatic carboxylic acids is 1. The lowest BCUT2D eigenvalue weighted by Crippen LogP contribution is -2.55. The van der Waals surface area contributed by atoms with E-state index >= 15 is 0 Å². The van der Waals surface area contributed by atoms with Gasteiger partial charge in [0.2, 0.25) is 0 Å². The number of H-pyrrole nitrogens is 1. The van der Waals surface area contributed by atoms with E-state index in [0.717, 1.165) is 10.6 Å². The Bertz CT molecular complexity index is 676. The predicted octanol–water partition coefficient (Wildman–Crippen LogP) is 1.75. The lowest BCUT2D eigenvalue weighted by atomic mass is 10.0. The number of nitrogens with zero attached hydrogens (tertiary/aromatic N) is 2. The Morgan fingerprint density at radius 3 is 2.85 bits per heavy atom. The number of hydrogen-bond acceptors (Lipinski definition) is 4. The van der Waals surface area contributed by atoms with Gasteiger partial charge in [-0.15, -0.1) is 11.3 Å². The topological polar surface area (TPSA) is 86.3 Å². The molecule has 104 valence electrons. The number of aromatic amines is 1. The maximum Gasteiger partial charge on any atom is 0.326 e. The van der Waals surface area contributed by atoms with Crippen molar-refractivity contribution in [2.75, 3.05) is 6.54 Å². The second-order valence-electron chi connectivity index (χ2n) is 4.72. The first kappa shape index (κ1) is 12.9. The van der Waals surface area contributed by atoms with E-state index in [1.54, 1.807) is 17.4 Å². The summed E-state index contributed by atoms with van der Waals surface area (Å²) < 4.78 is 0. The molecule has 0 radical (unpaired) electrons. The maximum atomic E-state index is 12.2. The molecule has 3 heterocycles. The van der Waals surface area contributed by atoms with Crippen LogP contribution >= 0.6 is 11.3 Å². The van der Waals surface area contributed by atoms with Gasteiger partial charge >= 0.3 is 5.97 Å². The van der Waals surface area contributed by atoms with Crippen LogP contribution in [0.3, 0.4) is 0 Å². The number of aromatic nitrogens is 2. The number of amides is 1.